The predicted molar refractivity (Wildman–Crippen MR) is 152 cm³/mol. The number of carbonyl (C=O) groups is 2. The van der Waals surface area contributed by atoms with Crippen LogP contribution in [0.3, 0.4) is 0 Å². The Balaban J connectivity index is 1.31. The molecule has 0 radical (unpaired) electrons. The molecule has 0 unspecified atom stereocenters. The molecule has 0 atom stereocenters. The molecule has 37 heavy (non-hydrogen) atoms. The summed E-state index contributed by atoms with van der Waals surface area (Å²) in [4.78, 5) is 30.6. The maximum absolute atomic E-state index is 13.4. The van der Waals surface area contributed by atoms with Crippen LogP contribution in [-0.4, -0.2) is 32.0 Å². The molecule has 0 spiro atoms. The van der Waals surface area contributed by atoms with Gasteiger partial charge in [0.15, 0.2) is 0 Å². The van der Waals surface area contributed by atoms with Crippen LogP contribution in [0.1, 0.15) is 40.0 Å². The standard InChI is InChI=1S/C32H31N3O2/c1-34(29-16-8-9-17-30(29)35-22-10-3-11-23-35)32(37)25-18-20-26(21-19-25)33-31(36)28-15-7-6-14-27(28)24-12-4-2-5-13-24/h2,4-9,12-21H,3,10-11,22-23H2,1H3,(H,33,36). The van der Waals surface area contributed by atoms with Crippen molar-refractivity contribution in [3.8, 4) is 11.1 Å². The minimum Gasteiger partial charge on any atom is -0.370 e. The van der Waals surface area contributed by atoms with Crippen LogP contribution in [0.5, 0.6) is 0 Å². The lowest BCUT2D eigenvalue weighted by molar-refractivity contribution is 0.0991. The summed E-state index contributed by atoms with van der Waals surface area (Å²) in [5.41, 5.74) is 5.68. The topological polar surface area (TPSA) is 52.7 Å². The molecule has 5 heteroatoms. The van der Waals surface area contributed by atoms with Gasteiger partial charge in [0.2, 0.25) is 0 Å². The van der Waals surface area contributed by atoms with Crippen molar-refractivity contribution in [1.82, 2.24) is 0 Å². The second kappa shape index (κ2) is 11.1. The second-order valence-electron chi connectivity index (χ2n) is 9.34. The summed E-state index contributed by atoms with van der Waals surface area (Å²) >= 11 is 0. The molecule has 1 heterocycles. The molecule has 1 saturated heterocycles. The van der Waals surface area contributed by atoms with Crippen molar-refractivity contribution in [1.29, 1.82) is 0 Å². The van der Waals surface area contributed by atoms with Gasteiger partial charge in [0.1, 0.15) is 0 Å². The highest BCUT2D eigenvalue weighted by Gasteiger charge is 2.21. The van der Waals surface area contributed by atoms with Crippen molar-refractivity contribution in [3.63, 3.8) is 0 Å². The van der Waals surface area contributed by atoms with Gasteiger partial charge >= 0.3 is 0 Å². The highest BCUT2D eigenvalue weighted by atomic mass is 16.2. The van der Waals surface area contributed by atoms with Gasteiger partial charge < -0.3 is 15.1 Å². The van der Waals surface area contributed by atoms with Crippen LogP contribution in [0, 0.1) is 0 Å². The highest BCUT2D eigenvalue weighted by molar-refractivity contribution is 6.10. The van der Waals surface area contributed by atoms with Crippen LogP contribution in [-0.2, 0) is 0 Å². The number of anilines is 3. The monoisotopic (exact) mass is 489 g/mol. The first-order valence-electron chi connectivity index (χ1n) is 12.8. The summed E-state index contributed by atoms with van der Waals surface area (Å²) in [5.74, 6) is -0.275. The Kier molecular flexibility index (Phi) is 7.31. The summed E-state index contributed by atoms with van der Waals surface area (Å²) in [7, 11) is 1.82. The number of nitrogens with one attached hydrogen (secondary N) is 1. The van der Waals surface area contributed by atoms with Crippen molar-refractivity contribution in [2.75, 3.05) is 35.3 Å². The molecule has 1 N–H and O–H groups in total. The third kappa shape index (κ3) is 5.41. The van der Waals surface area contributed by atoms with Gasteiger partial charge in [-0.1, -0.05) is 60.7 Å². The number of para-hydroxylation sites is 2. The molecule has 1 fully saturated rings. The lowest BCUT2D eigenvalue weighted by Gasteiger charge is -2.32. The zero-order valence-corrected chi connectivity index (χ0v) is 21.1. The predicted octanol–water partition coefficient (Wildman–Crippen LogP) is 6.87. The smallest absolute Gasteiger partial charge is 0.258 e. The zero-order valence-electron chi connectivity index (χ0n) is 21.1. The van der Waals surface area contributed by atoms with Gasteiger partial charge in [0, 0.05) is 37.0 Å². The van der Waals surface area contributed by atoms with Gasteiger partial charge in [-0.2, -0.15) is 0 Å². The number of carbonyl (C=O) groups excluding carboxylic acids is 2. The number of benzene rings is 4. The van der Waals surface area contributed by atoms with Crippen LogP contribution in [0.25, 0.3) is 11.1 Å². The van der Waals surface area contributed by atoms with Crippen molar-refractivity contribution < 1.29 is 9.59 Å². The maximum atomic E-state index is 13.4. The molecule has 1 aliphatic heterocycles. The Morgan fingerprint density at radius 2 is 1.38 bits per heavy atom. The van der Waals surface area contributed by atoms with Gasteiger partial charge in [-0.3, -0.25) is 9.59 Å². The summed E-state index contributed by atoms with van der Waals surface area (Å²) in [6.07, 6.45) is 3.61. The van der Waals surface area contributed by atoms with Gasteiger partial charge in [-0.05, 0) is 72.9 Å². The molecule has 5 rings (SSSR count). The number of rotatable bonds is 6. The molecule has 1 aliphatic rings. The van der Waals surface area contributed by atoms with Crippen LogP contribution in [0.15, 0.2) is 103 Å². The van der Waals surface area contributed by atoms with Crippen molar-refractivity contribution in [2.45, 2.75) is 19.3 Å². The number of hydrogen-bond donors (Lipinski definition) is 1. The molecule has 0 aliphatic carbocycles. The zero-order chi connectivity index (χ0) is 25.6. The number of piperidine rings is 1. The first-order chi connectivity index (χ1) is 18.1. The number of amides is 2. The van der Waals surface area contributed by atoms with E-state index in [9.17, 15) is 9.59 Å². The van der Waals surface area contributed by atoms with E-state index < -0.39 is 0 Å². The van der Waals surface area contributed by atoms with E-state index in [2.05, 4.69) is 16.3 Å². The summed E-state index contributed by atoms with van der Waals surface area (Å²) in [5, 5.41) is 2.98. The maximum Gasteiger partial charge on any atom is 0.258 e. The summed E-state index contributed by atoms with van der Waals surface area (Å²) in [6, 6.07) is 32.6. The SMILES string of the molecule is CN(C(=O)c1ccc(NC(=O)c2ccccc2-c2ccccc2)cc1)c1ccccc1N1CCCCC1. The summed E-state index contributed by atoms with van der Waals surface area (Å²) < 4.78 is 0. The van der Waals surface area contributed by atoms with Crippen molar-refractivity contribution >= 4 is 28.9 Å². The van der Waals surface area contributed by atoms with Gasteiger partial charge in [-0.15, -0.1) is 0 Å². The molecule has 2 amide bonds. The lowest BCUT2D eigenvalue weighted by Crippen LogP contribution is -2.33. The fourth-order valence-corrected chi connectivity index (χ4v) is 4.90. The van der Waals surface area contributed by atoms with E-state index in [1.165, 1.54) is 19.3 Å². The third-order valence-electron chi connectivity index (χ3n) is 6.89. The van der Waals surface area contributed by atoms with Crippen LogP contribution < -0.4 is 15.1 Å². The highest BCUT2D eigenvalue weighted by Crippen LogP contribution is 2.31. The molecular weight excluding hydrogens is 458 g/mol. The Labute approximate surface area is 218 Å². The van der Waals surface area contributed by atoms with Crippen LogP contribution in [0.2, 0.25) is 0 Å². The summed E-state index contributed by atoms with van der Waals surface area (Å²) in [6.45, 7) is 2.03. The second-order valence-corrected chi connectivity index (χ2v) is 9.34. The van der Waals surface area contributed by atoms with E-state index in [1.807, 2.05) is 79.8 Å². The third-order valence-corrected chi connectivity index (χ3v) is 6.89. The Bertz CT molecular complexity index is 1380. The first kappa shape index (κ1) is 24.3. The van der Waals surface area contributed by atoms with E-state index in [0.29, 0.717) is 16.8 Å². The number of nitrogens with zero attached hydrogens (tertiary/aromatic N) is 2. The molecular formula is C32H31N3O2. The Hall–Kier alpha value is -4.38. The fraction of sp³-hybridized carbons (Fsp3) is 0.188. The normalized spacial score (nSPS) is 13.2. The molecule has 4 aromatic rings. The van der Waals surface area contributed by atoms with Crippen molar-refractivity contribution in [3.05, 3.63) is 114 Å². The van der Waals surface area contributed by atoms with Crippen LogP contribution in [0.4, 0.5) is 17.1 Å². The lowest BCUT2D eigenvalue weighted by atomic mass is 9.99. The van der Waals surface area contributed by atoms with Gasteiger partial charge in [0.05, 0.1) is 11.4 Å². The quantitative estimate of drug-likeness (QED) is 0.321. The molecule has 5 nitrogen and oxygen atoms in total. The molecule has 186 valence electrons. The average Bonchev–Trinajstić information content (AvgIpc) is 2.97. The van der Waals surface area contributed by atoms with E-state index in [1.54, 1.807) is 29.2 Å². The van der Waals surface area contributed by atoms with E-state index in [-0.39, 0.29) is 11.8 Å². The first-order valence-corrected chi connectivity index (χ1v) is 12.8. The largest absolute Gasteiger partial charge is 0.370 e. The average molecular weight is 490 g/mol. The molecule has 0 saturated carbocycles. The van der Waals surface area contributed by atoms with E-state index >= 15 is 0 Å². The van der Waals surface area contributed by atoms with Gasteiger partial charge in [0.25, 0.3) is 11.8 Å². The van der Waals surface area contributed by atoms with E-state index in [0.717, 1.165) is 35.6 Å². The van der Waals surface area contributed by atoms with Crippen LogP contribution >= 0.6 is 0 Å². The Morgan fingerprint density at radius 3 is 2.14 bits per heavy atom. The molecule has 0 aromatic heterocycles. The molecule has 0 bridgehead atoms. The fourth-order valence-electron chi connectivity index (χ4n) is 4.90. The Morgan fingerprint density at radius 1 is 0.730 bits per heavy atom. The number of hydrogen-bond acceptors (Lipinski definition) is 3. The van der Waals surface area contributed by atoms with E-state index in [4.69, 9.17) is 0 Å². The van der Waals surface area contributed by atoms with Crippen molar-refractivity contribution in [2.24, 2.45) is 0 Å². The minimum atomic E-state index is -0.189. The van der Waals surface area contributed by atoms with Gasteiger partial charge in [-0.25, -0.2) is 0 Å². The minimum absolute atomic E-state index is 0.0863. The molecule has 4 aromatic carbocycles.